The molecule has 0 saturated carbocycles. The number of hydrogen-bond acceptors (Lipinski definition) is 6. The monoisotopic (exact) mass is 463 g/mol. The Morgan fingerprint density at radius 2 is 2.07 bits per heavy atom. The molecule has 0 fully saturated rings. The van der Waals surface area contributed by atoms with E-state index in [1.54, 1.807) is 16.8 Å². The third kappa shape index (κ3) is 3.76. The molecule has 1 aliphatic rings. The van der Waals surface area contributed by atoms with Gasteiger partial charge in [-0.2, -0.15) is 4.68 Å². The number of Topliss-reactive ketones (excluding diaryl/α,β-unsaturated/α-hetero) is 1. The highest BCUT2D eigenvalue weighted by Gasteiger charge is 2.22. The van der Waals surface area contributed by atoms with E-state index in [-0.39, 0.29) is 23.9 Å². The SMILES string of the molecule is O=C1Cc2cc(C(=O)CSc3nnnn3-c3ccc(Br)cc3)c(Cl)cc2N1. The number of halogens is 2. The number of thioether (sulfide) groups is 1. The van der Waals surface area contributed by atoms with Gasteiger partial charge in [0.1, 0.15) is 0 Å². The fraction of sp³-hybridized carbons (Fsp3) is 0.118. The highest BCUT2D eigenvalue weighted by Crippen LogP contribution is 2.31. The van der Waals surface area contributed by atoms with Crippen molar-refractivity contribution < 1.29 is 9.59 Å². The van der Waals surface area contributed by atoms with Crippen LogP contribution in [0.15, 0.2) is 46.0 Å². The molecule has 2 aromatic carbocycles. The number of amides is 1. The summed E-state index contributed by atoms with van der Waals surface area (Å²) >= 11 is 10.8. The molecule has 3 aromatic rings. The van der Waals surface area contributed by atoms with E-state index in [1.165, 1.54) is 11.8 Å². The van der Waals surface area contributed by atoms with Crippen LogP contribution in [0.25, 0.3) is 5.69 Å². The zero-order valence-corrected chi connectivity index (χ0v) is 16.8. The van der Waals surface area contributed by atoms with E-state index in [9.17, 15) is 9.59 Å². The Morgan fingerprint density at radius 1 is 1.30 bits per heavy atom. The van der Waals surface area contributed by atoms with Crippen LogP contribution in [0.2, 0.25) is 5.02 Å². The molecule has 0 atom stereocenters. The number of carbonyl (C=O) groups excluding carboxylic acids is 2. The molecule has 0 radical (unpaired) electrons. The van der Waals surface area contributed by atoms with Crippen LogP contribution in [0.3, 0.4) is 0 Å². The van der Waals surface area contributed by atoms with E-state index < -0.39 is 0 Å². The summed E-state index contributed by atoms with van der Waals surface area (Å²) in [7, 11) is 0. The average Bonchev–Trinajstić information content (AvgIpc) is 3.25. The van der Waals surface area contributed by atoms with Gasteiger partial charge >= 0.3 is 0 Å². The van der Waals surface area contributed by atoms with Crippen LogP contribution in [0, 0.1) is 0 Å². The first-order valence-corrected chi connectivity index (χ1v) is 9.99. The largest absolute Gasteiger partial charge is 0.325 e. The lowest BCUT2D eigenvalue weighted by Crippen LogP contribution is -2.06. The van der Waals surface area contributed by atoms with Gasteiger partial charge in [-0.3, -0.25) is 9.59 Å². The number of aromatic nitrogens is 4. The quantitative estimate of drug-likeness (QED) is 0.459. The molecule has 0 spiro atoms. The smallest absolute Gasteiger partial charge is 0.228 e. The van der Waals surface area contributed by atoms with Gasteiger partial charge in [0, 0.05) is 15.7 Å². The summed E-state index contributed by atoms with van der Waals surface area (Å²) in [5.74, 6) is -0.136. The maximum Gasteiger partial charge on any atom is 0.228 e. The number of tetrazole rings is 1. The highest BCUT2D eigenvalue weighted by molar-refractivity contribution is 9.10. The maximum atomic E-state index is 12.6. The lowest BCUT2D eigenvalue weighted by molar-refractivity contribution is -0.115. The first-order valence-electron chi connectivity index (χ1n) is 7.84. The summed E-state index contributed by atoms with van der Waals surface area (Å²) in [5.41, 5.74) is 2.62. The van der Waals surface area contributed by atoms with E-state index in [4.69, 9.17) is 11.6 Å². The van der Waals surface area contributed by atoms with Gasteiger partial charge in [0.2, 0.25) is 11.1 Å². The summed E-state index contributed by atoms with van der Waals surface area (Å²) < 4.78 is 2.51. The standard InChI is InChI=1S/C17H11BrClN5O2S/c18-10-1-3-11(4-2-10)24-17(21-22-23-24)27-8-15(25)12-5-9-6-16(26)20-14(9)7-13(12)19/h1-5,7H,6,8H2,(H,20,26). The minimum Gasteiger partial charge on any atom is -0.325 e. The predicted octanol–water partition coefficient (Wildman–Crippen LogP) is 3.55. The van der Waals surface area contributed by atoms with E-state index in [2.05, 4.69) is 36.8 Å². The summed E-state index contributed by atoms with van der Waals surface area (Å²) in [6, 6.07) is 10.8. The molecule has 0 unspecified atom stereocenters. The molecule has 1 aliphatic heterocycles. The van der Waals surface area contributed by atoms with Crippen molar-refractivity contribution in [2.45, 2.75) is 11.6 Å². The summed E-state index contributed by atoms with van der Waals surface area (Å²) in [4.78, 5) is 24.1. The van der Waals surface area contributed by atoms with Crippen molar-refractivity contribution in [1.29, 1.82) is 0 Å². The summed E-state index contributed by atoms with van der Waals surface area (Å²) in [6.45, 7) is 0. The van der Waals surface area contributed by atoms with E-state index in [0.717, 1.165) is 15.7 Å². The van der Waals surface area contributed by atoms with Gasteiger partial charge in [0.05, 0.1) is 22.9 Å². The minimum absolute atomic E-state index is 0.103. The fourth-order valence-electron chi connectivity index (χ4n) is 2.68. The molecule has 136 valence electrons. The molecule has 0 saturated heterocycles. The van der Waals surface area contributed by atoms with Gasteiger partial charge < -0.3 is 5.32 Å². The molecule has 27 heavy (non-hydrogen) atoms. The number of hydrogen-bond donors (Lipinski definition) is 1. The average molecular weight is 465 g/mol. The fourth-order valence-corrected chi connectivity index (χ4v) is 3.99. The summed E-state index contributed by atoms with van der Waals surface area (Å²) in [5, 5.41) is 15.2. The number of benzene rings is 2. The van der Waals surface area contributed by atoms with Gasteiger partial charge in [0.25, 0.3) is 0 Å². The molecule has 1 aromatic heterocycles. The number of nitrogens with one attached hydrogen (secondary N) is 1. The minimum atomic E-state index is -0.155. The van der Waals surface area contributed by atoms with Gasteiger partial charge in [-0.05, 0) is 52.4 Å². The Balaban J connectivity index is 1.51. The number of rotatable bonds is 5. The molecule has 7 nitrogen and oxygen atoms in total. The maximum absolute atomic E-state index is 12.6. The van der Waals surface area contributed by atoms with Crippen LogP contribution in [0.4, 0.5) is 5.69 Å². The van der Waals surface area contributed by atoms with Crippen molar-refractivity contribution in [1.82, 2.24) is 20.2 Å². The van der Waals surface area contributed by atoms with Gasteiger partial charge in [-0.25, -0.2) is 0 Å². The van der Waals surface area contributed by atoms with Crippen molar-refractivity contribution in [2.75, 3.05) is 11.1 Å². The van der Waals surface area contributed by atoms with Crippen molar-refractivity contribution in [3.05, 3.63) is 57.0 Å². The van der Waals surface area contributed by atoms with Gasteiger partial charge in [-0.1, -0.05) is 39.3 Å². The first-order chi connectivity index (χ1) is 13.0. The van der Waals surface area contributed by atoms with Crippen LogP contribution in [-0.2, 0) is 11.2 Å². The third-order valence-corrected chi connectivity index (χ3v) is 5.72. The Hall–Kier alpha value is -2.23. The van der Waals surface area contributed by atoms with E-state index >= 15 is 0 Å². The predicted molar refractivity (Wildman–Crippen MR) is 106 cm³/mol. The van der Waals surface area contributed by atoms with E-state index in [1.807, 2.05) is 24.3 Å². The normalized spacial score (nSPS) is 12.7. The molecule has 4 rings (SSSR count). The number of ketones is 1. The third-order valence-electron chi connectivity index (χ3n) is 3.96. The van der Waals surface area contributed by atoms with E-state index in [0.29, 0.717) is 21.4 Å². The molecule has 1 N–H and O–H groups in total. The zero-order valence-electron chi connectivity index (χ0n) is 13.6. The highest BCUT2D eigenvalue weighted by atomic mass is 79.9. The zero-order chi connectivity index (χ0) is 19.0. The second-order valence-corrected chi connectivity index (χ2v) is 8.04. The molecule has 0 bridgehead atoms. The number of carbonyl (C=O) groups is 2. The summed E-state index contributed by atoms with van der Waals surface area (Å²) in [6.07, 6.45) is 0.252. The van der Waals surface area contributed by atoms with Crippen LogP contribution in [0.1, 0.15) is 15.9 Å². The van der Waals surface area contributed by atoms with Crippen molar-refractivity contribution in [3.63, 3.8) is 0 Å². The number of nitrogens with zero attached hydrogens (tertiary/aromatic N) is 4. The lowest BCUT2D eigenvalue weighted by atomic mass is 10.1. The van der Waals surface area contributed by atoms with Gasteiger partial charge in [-0.15, -0.1) is 5.10 Å². The lowest BCUT2D eigenvalue weighted by Gasteiger charge is -2.07. The topological polar surface area (TPSA) is 89.8 Å². The van der Waals surface area contributed by atoms with Crippen LogP contribution in [0.5, 0.6) is 0 Å². The van der Waals surface area contributed by atoms with Crippen molar-refractivity contribution in [2.24, 2.45) is 0 Å². The molecular formula is C17H11BrClN5O2S. The molecule has 10 heteroatoms. The number of anilines is 1. The number of fused-ring (bicyclic) bond motifs is 1. The second-order valence-electron chi connectivity index (χ2n) is 5.78. The van der Waals surface area contributed by atoms with Crippen LogP contribution < -0.4 is 5.32 Å². The second kappa shape index (κ2) is 7.41. The van der Waals surface area contributed by atoms with Crippen molar-refractivity contribution in [3.8, 4) is 5.69 Å². The Bertz CT molecular complexity index is 1050. The molecule has 1 amide bonds. The van der Waals surface area contributed by atoms with Crippen LogP contribution >= 0.6 is 39.3 Å². The van der Waals surface area contributed by atoms with Gasteiger partial charge in [0.15, 0.2) is 5.78 Å². The van der Waals surface area contributed by atoms with Crippen LogP contribution in [-0.4, -0.2) is 37.7 Å². The molecule has 2 heterocycles. The molecular weight excluding hydrogens is 454 g/mol. The Kier molecular flexibility index (Phi) is 4.98. The Labute approximate surface area is 171 Å². The van der Waals surface area contributed by atoms with Crippen molar-refractivity contribution >= 4 is 56.7 Å². The first kappa shape index (κ1) is 18.1. The Morgan fingerprint density at radius 3 is 2.85 bits per heavy atom. The molecule has 0 aliphatic carbocycles.